The molecule has 0 aromatic heterocycles. The van der Waals surface area contributed by atoms with E-state index in [1.165, 1.54) is 0 Å². The first-order valence-corrected chi connectivity index (χ1v) is 8.47. The molecular formula is C20H23N3O2. The Morgan fingerprint density at radius 3 is 2.48 bits per heavy atom. The number of likely N-dealkylation sites (tertiary alicyclic amines) is 1. The Morgan fingerprint density at radius 1 is 1.12 bits per heavy atom. The van der Waals surface area contributed by atoms with E-state index in [2.05, 4.69) is 12.2 Å². The summed E-state index contributed by atoms with van der Waals surface area (Å²) in [4.78, 5) is 27.2. The van der Waals surface area contributed by atoms with Crippen molar-refractivity contribution in [1.82, 2.24) is 4.90 Å². The van der Waals surface area contributed by atoms with Gasteiger partial charge in [-0.3, -0.25) is 9.59 Å². The van der Waals surface area contributed by atoms with E-state index in [0.29, 0.717) is 36.4 Å². The second-order valence-electron chi connectivity index (χ2n) is 6.86. The van der Waals surface area contributed by atoms with Crippen molar-refractivity contribution in [2.45, 2.75) is 13.3 Å². The SMILES string of the molecule is CC1(CN)CCN(C(=O)c2ccccc2NC(=O)c2ccccc2)C1. The lowest BCUT2D eigenvalue weighted by Crippen LogP contribution is -2.34. The van der Waals surface area contributed by atoms with Crippen LogP contribution in [0, 0.1) is 5.41 Å². The van der Waals surface area contributed by atoms with Gasteiger partial charge in [0.1, 0.15) is 0 Å². The number of hydrogen-bond donors (Lipinski definition) is 2. The Bertz CT molecular complexity index is 776. The third-order valence-electron chi connectivity index (χ3n) is 4.78. The monoisotopic (exact) mass is 337 g/mol. The summed E-state index contributed by atoms with van der Waals surface area (Å²) in [5, 5.41) is 2.85. The van der Waals surface area contributed by atoms with Crippen molar-refractivity contribution in [1.29, 1.82) is 0 Å². The van der Waals surface area contributed by atoms with Gasteiger partial charge in [-0.1, -0.05) is 37.3 Å². The molecule has 0 radical (unpaired) electrons. The molecular weight excluding hydrogens is 314 g/mol. The summed E-state index contributed by atoms with van der Waals surface area (Å²) in [5.74, 6) is -0.296. The second-order valence-corrected chi connectivity index (χ2v) is 6.86. The van der Waals surface area contributed by atoms with Crippen molar-refractivity contribution in [3.05, 3.63) is 65.7 Å². The molecule has 5 heteroatoms. The second kappa shape index (κ2) is 7.07. The predicted molar refractivity (Wildman–Crippen MR) is 98.5 cm³/mol. The lowest BCUT2D eigenvalue weighted by atomic mass is 9.90. The molecule has 0 spiro atoms. The summed E-state index contributed by atoms with van der Waals surface area (Å²) in [6.07, 6.45) is 0.897. The van der Waals surface area contributed by atoms with E-state index in [9.17, 15) is 9.59 Å². The zero-order chi connectivity index (χ0) is 17.9. The number of para-hydroxylation sites is 1. The Balaban J connectivity index is 1.79. The van der Waals surface area contributed by atoms with Gasteiger partial charge in [0.25, 0.3) is 11.8 Å². The van der Waals surface area contributed by atoms with Crippen LogP contribution >= 0.6 is 0 Å². The molecule has 1 saturated heterocycles. The summed E-state index contributed by atoms with van der Waals surface area (Å²) in [7, 11) is 0. The van der Waals surface area contributed by atoms with Crippen LogP contribution in [0.4, 0.5) is 5.69 Å². The molecule has 25 heavy (non-hydrogen) atoms. The van der Waals surface area contributed by atoms with Crippen molar-refractivity contribution in [3.8, 4) is 0 Å². The van der Waals surface area contributed by atoms with Gasteiger partial charge in [-0.15, -0.1) is 0 Å². The van der Waals surface area contributed by atoms with Crippen molar-refractivity contribution >= 4 is 17.5 Å². The van der Waals surface area contributed by atoms with Crippen molar-refractivity contribution in [3.63, 3.8) is 0 Å². The fourth-order valence-corrected chi connectivity index (χ4v) is 3.10. The van der Waals surface area contributed by atoms with E-state index in [1.807, 2.05) is 35.2 Å². The number of nitrogens with zero attached hydrogens (tertiary/aromatic N) is 1. The molecule has 0 saturated carbocycles. The van der Waals surface area contributed by atoms with Crippen LogP contribution in [0.25, 0.3) is 0 Å². The van der Waals surface area contributed by atoms with E-state index in [4.69, 9.17) is 5.73 Å². The molecule has 1 aliphatic rings. The van der Waals surface area contributed by atoms with Gasteiger partial charge in [-0.25, -0.2) is 0 Å². The van der Waals surface area contributed by atoms with Crippen LogP contribution in [0.1, 0.15) is 34.1 Å². The van der Waals surface area contributed by atoms with Crippen LogP contribution in [0.15, 0.2) is 54.6 Å². The van der Waals surface area contributed by atoms with Crippen molar-refractivity contribution < 1.29 is 9.59 Å². The highest BCUT2D eigenvalue weighted by Gasteiger charge is 2.35. The molecule has 130 valence electrons. The number of nitrogens with one attached hydrogen (secondary N) is 1. The topological polar surface area (TPSA) is 75.4 Å². The predicted octanol–water partition coefficient (Wildman–Crippen LogP) is 2.75. The van der Waals surface area contributed by atoms with Gasteiger partial charge in [0.2, 0.25) is 0 Å². The molecule has 1 fully saturated rings. The summed E-state index contributed by atoms with van der Waals surface area (Å²) in [6, 6.07) is 16.1. The van der Waals surface area contributed by atoms with Crippen LogP contribution in [0.5, 0.6) is 0 Å². The third-order valence-corrected chi connectivity index (χ3v) is 4.78. The van der Waals surface area contributed by atoms with Gasteiger partial charge in [0, 0.05) is 18.7 Å². The molecule has 3 rings (SSSR count). The summed E-state index contributed by atoms with van der Waals surface area (Å²) in [5.41, 5.74) is 7.40. The fourth-order valence-electron chi connectivity index (χ4n) is 3.10. The number of nitrogens with two attached hydrogens (primary N) is 1. The van der Waals surface area contributed by atoms with Gasteiger partial charge < -0.3 is 16.0 Å². The Morgan fingerprint density at radius 2 is 1.80 bits per heavy atom. The molecule has 1 heterocycles. The number of rotatable bonds is 4. The zero-order valence-corrected chi connectivity index (χ0v) is 14.4. The highest BCUT2D eigenvalue weighted by Crippen LogP contribution is 2.30. The maximum absolute atomic E-state index is 12.9. The van der Waals surface area contributed by atoms with Gasteiger partial charge in [-0.05, 0) is 42.6 Å². The lowest BCUT2D eigenvalue weighted by molar-refractivity contribution is 0.0778. The molecule has 0 aliphatic carbocycles. The van der Waals surface area contributed by atoms with E-state index >= 15 is 0 Å². The van der Waals surface area contributed by atoms with Crippen LogP contribution in [-0.2, 0) is 0 Å². The summed E-state index contributed by atoms with van der Waals surface area (Å²) in [6.45, 7) is 3.99. The standard InChI is InChI=1S/C20H23N3O2/c1-20(13-21)11-12-23(14-20)19(25)16-9-5-6-10-17(16)22-18(24)15-7-3-2-4-8-15/h2-10H,11-14,21H2,1H3,(H,22,24). The normalized spacial score (nSPS) is 19.7. The highest BCUT2D eigenvalue weighted by atomic mass is 16.2. The van der Waals surface area contributed by atoms with Crippen LogP contribution < -0.4 is 11.1 Å². The summed E-state index contributed by atoms with van der Waals surface area (Å²) >= 11 is 0. The Hall–Kier alpha value is -2.66. The maximum Gasteiger partial charge on any atom is 0.255 e. The van der Waals surface area contributed by atoms with Crippen molar-refractivity contribution in [2.75, 3.05) is 25.0 Å². The molecule has 0 bridgehead atoms. The number of carbonyl (C=O) groups excluding carboxylic acids is 2. The van der Waals surface area contributed by atoms with Gasteiger partial charge in [-0.2, -0.15) is 0 Å². The average Bonchev–Trinajstić information content (AvgIpc) is 3.05. The van der Waals surface area contributed by atoms with Crippen LogP contribution in [0.3, 0.4) is 0 Å². The highest BCUT2D eigenvalue weighted by molar-refractivity contribution is 6.09. The fraction of sp³-hybridized carbons (Fsp3) is 0.300. The van der Waals surface area contributed by atoms with E-state index < -0.39 is 0 Å². The smallest absolute Gasteiger partial charge is 0.255 e. The Labute approximate surface area is 147 Å². The molecule has 1 unspecified atom stereocenters. The molecule has 5 nitrogen and oxygen atoms in total. The molecule has 1 aliphatic heterocycles. The first-order valence-electron chi connectivity index (χ1n) is 8.47. The maximum atomic E-state index is 12.9. The lowest BCUT2D eigenvalue weighted by Gasteiger charge is -2.23. The molecule has 2 aromatic rings. The average molecular weight is 337 g/mol. The Kier molecular flexibility index (Phi) is 4.86. The van der Waals surface area contributed by atoms with Gasteiger partial charge >= 0.3 is 0 Å². The van der Waals surface area contributed by atoms with Gasteiger partial charge in [0.15, 0.2) is 0 Å². The molecule has 3 N–H and O–H groups in total. The minimum absolute atomic E-state index is 0.0299. The minimum Gasteiger partial charge on any atom is -0.338 e. The zero-order valence-electron chi connectivity index (χ0n) is 14.4. The minimum atomic E-state index is -0.228. The van der Waals surface area contributed by atoms with E-state index in [-0.39, 0.29) is 17.2 Å². The summed E-state index contributed by atoms with van der Waals surface area (Å²) < 4.78 is 0. The number of amides is 2. The quantitative estimate of drug-likeness (QED) is 0.901. The van der Waals surface area contributed by atoms with Crippen LogP contribution in [0.2, 0.25) is 0 Å². The first kappa shape index (κ1) is 17.2. The van der Waals surface area contributed by atoms with Crippen molar-refractivity contribution in [2.24, 2.45) is 11.1 Å². The van der Waals surface area contributed by atoms with Crippen LogP contribution in [-0.4, -0.2) is 36.3 Å². The molecule has 2 amide bonds. The number of carbonyl (C=O) groups is 2. The third kappa shape index (κ3) is 3.72. The molecule has 2 aromatic carbocycles. The van der Waals surface area contributed by atoms with E-state index in [0.717, 1.165) is 6.42 Å². The molecule has 1 atom stereocenters. The van der Waals surface area contributed by atoms with E-state index in [1.54, 1.807) is 24.3 Å². The number of benzene rings is 2. The van der Waals surface area contributed by atoms with Gasteiger partial charge in [0.05, 0.1) is 11.3 Å². The largest absolute Gasteiger partial charge is 0.338 e. The first-order chi connectivity index (χ1) is 12.0. The number of anilines is 1. The number of hydrogen-bond acceptors (Lipinski definition) is 3.